The van der Waals surface area contributed by atoms with Gasteiger partial charge in [0, 0.05) is 25.3 Å². The largest absolute Gasteiger partial charge is 0.330 e. The van der Waals surface area contributed by atoms with Crippen LogP contribution in [0.15, 0.2) is 23.3 Å². The minimum atomic E-state index is 0.720. The van der Waals surface area contributed by atoms with Gasteiger partial charge in [0.25, 0.3) is 0 Å². The van der Waals surface area contributed by atoms with Crippen molar-refractivity contribution in [1.29, 1.82) is 0 Å². The molecule has 2 aromatic heterocycles. The molecule has 0 aromatic carbocycles. The van der Waals surface area contributed by atoms with E-state index in [1.165, 1.54) is 29.7 Å². The van der Waals surface area contributed by atoms with Gasteiger partial charge >= 0.3 is 0 Å². The van der Waals surface area contributed by atoms with Crippen molar-refractivity contribution in [2.24, 2.45) is 0 Å². The smallest absolute Gasteiger partial charge is 0.0951 e. The van der Waals surface area contributed by atoms with Crippen LogP contribution in [-0.2, 0) is 13.1 Å². The maximum Gasteiger partial charge on any atom is 0.0951 e. The summed E-state index contributed by atoms with van der Waals surface area (Å²) in [7, 11) is 0. The molecule has 17 heavy (non-hydrogen) atoms. The Bertz CT molecular complexity index is 496. The normalized spacial score (nSPS) is 15.4. The minimum Gasteiger partial charge on any atom is -0.330 e. The highest BCUT2D eigenvalue weighted by Crippen LogP contribution is 2.35. The highest BCUT2D eigenvalue weighted by Gasteiger charge is 2.24. The van der Waals surface area contributed by atoms with Gasteiger partial charge in [0.1, 0.15) is 0 Å². The van der Waals surface area contributed by atoms with E-state index in [1.807, 2.05) is 12.5 Å². The first-order valence-electron chi connectivity index (χ1n) is 6.07. The van der Waals surface area contributed by atoms with Gasteiger partial charge in [-0.05, 0) is 41.7 Å². The fraction of sp³-hybridized carbons (Fsp3) is 0.462. The lowest BCUT2D eigenvalue weighted by atomic mass is 10.2. The second-order valence-electron chi connectivity index (χ2n) is 4.71. The van der Waals surface area contributed by atoms with Crippen molar-refractivity contribution in [1.82, 2.24) is 14.9 Å². The molecule has 1 aliphatic carbocycles. The molecule has 2 heterocycles. The first-order valence-corrected chi connectivity index (χ1v) is 7.02. The SMILES string of the molecule is Cc1cscc1CNCc1cncn1C1CC1. The zero-order valence-corrected chi connectivity index (χ0v) is 10.8. The summed E-state index contributed by atoms with van der Waals surface area (Å²) in [4.78, 5) is 4.24. The van der Waals surface area contributed by atoms with Gasteiger partial charge in [0.2, 0.25) is 0 Å². The van der Waals surface area contributed by atoms with E-state index in [9.17, 15) is 0 Å². The second kappa shape index (κ2) is 4.63. The molecule has 0 unspecified atom stereocenters. The topological polar surface area (TPSA) is 29.9 Å². The van der Waals surface area contributed by atoms with Crippen molar-refractivity contribution in [3.05, 3.63) is 40.1 Å². The van der Waals surface area contributed by atoms with Gasteiger partial charge in [-0.3, -0.25) is 0 Å². The van der Waals surface area contributed by atoms with Crippen LogP contribution in [0.4, 0.5) is 0 Å². The van der Waals surface area contributed by atoms with Gasteiger partial charge in [0.15, 0.2) is 0 Å². The molecule has 0 amide bonds. The second-order valence-corrected chi connectivity index (χ2v) is 5.45. The summed E-state index contributed by atoms with van der Waals surface area (Å²) in [6.45, 7) is 4.03. The van der Waals surface area contributed by atoms with E-state index in [2.05, 4.69) is 32.6 Å². The highest BCUT2D eigenvalue weighted by atomic mass is 32.1. The molecule has 0 bridgehead atoms. The van der Waals surface area contributed by atoms with Crippen molar-refractivity contribution >= 4 is 11.3 Å². The molecule has 0 radical (unpaired) electrons. The monoisotopic (exact) mass is 247 g/mol. The summed E-state index contributed by atoms with van der Waals surface area (Å²) in [6, 6.07) is 0.720. The van der Waals surface area contributed by atoms with Crippen LogP contribution in [-0.4, -0.2) is 9.55 Å². The number of aryl methyl sites for hydroxylation is 1. The molecule has 1 fully saturated rings. The predicted octanol–water partition coefficient (Wildman–Crippen LogP) is 2.88. The maximum atomic E-state index is 4.24. The van der Waals surface area contributed by atoms with Crippen molar-refractivity contribution in [3.63, 3.8) is 0 Å². The summed E-state index contributed by atoms with van der Waals surface area (Å²) in [5, 5.41) is 7.92. The summed E-state index contributed by atoms with van der Waals surface area (Å²) < 4.78 is 2.31. The van der Waals surface area contributed by atoms with Crippen LogP contribution in [0.5, 0.6) is 0 Å². The Balaban J connectivity index is 1.57. The lowest BCUT2D eigenvalue weighted by molar-refractivity contribution is 0.620. The molecule has 3 nitrogen and oxygen atoms in total. The Hall–Kier alpha value is -1.13. The fourth-order valence-corrected chi connectivity index (χ4v) is 2.90. The average Bonchev–Trinajstić information content (AvgIpc) is 2.93. The van der Waals surface area contributed by atoms with Crippen molar-refractivity contribution in [2.75, 3.05) is 0 Å². The molecular formula is C13H17N3S. The number of hydrogen-bond acceptors (Lipinski definition) is 3. The van der Waals surface area contributed by atoms with Crippen molar-refractivity contribution in [3.8, 4) is 0 Å². The van der Waals surface area contributed by atoms with Gasteiger partial charge in [-0.1, -0.05) is 0 Å². The molecule has 3 rings (SSSR count). The van der Waals surface area contributed by atoms with Gasteiger partial charge < -0.3 is 9.88 Å². The van der Waals surface area contributed by atoms with Crippen LogP contribution in [0.25, 0.3) is 0 Å². The van der Waals surface area contributed by atoms with Crippen molar-refractivity contribution < 1.29 is 0 Å². The van der Waals surface area contributed by atoms with Crippen LogP contribution in [0, 0.1) is 6.92 Å². The number of nitrogens with one attached hydrogen (secondary N) is 1. The van der Waals surface area contributed by atoms with E-state index in [1.54, 1.807) is 11.3 Å². The van der Waals surface area contributed by atoms with Gasteiger partial charge in [-0.15, -0.1) is 0 Å². The third-order valence-electron chi connectivity index (χ3n) is 3.27. The third kappa shape index (κ3) is 2.42. The molecule has 1 aliphatic rings. The van der Waals surface area contributed by atoms with Crippen LogP contribution in [0.1, 0.15) is 35.7 Å². The highest BCUT2D eigenvalue weighted by molar-refractivity contribution is 7.08. The van der Waals surface area contributed by atoms with E-state index in [-0.39, 0.29) is 0 Å². The number of hydrogen-bond donors (Lipinski definition) is 1. The predicted molar refractivity (Wildman–Crippen MR) is 70.1 cm³/mol. The first-order chi connectivity index (χ1) is 8.34. The summed E-state index contributed by atoms with van der Waals surface area (Å²) in [5.74, 6) is 0. The van der Waals surface area contributed by atoms with E-state index >= 15 is 0 Å². The molecule has 90 valence electrons. The molecule has 0 saturated heterocycles. The molecule has 0 spiro atoms. The summed E-state index contributed by atoms with van der Waals surface area (Å²) in [5.41, 5.74) is 4.10. The van der Waals surface area contributed by atoms with Crippen LogP contribution >= 0.6 is 11.3 Å². The molecule has 0 atom stereocenters. The van der Waals surface area contributed by atoms with Gasteiger partial charge in [-0.2, -0.15) is 11.3 Å². The van der Waals surface area contributed by atoms with E-state index in [0.29, 0.717) is 0 Å². The zero-order chi connectivity index (χ0) is 11.7. The van der Waals surface area contributed by atoms with Gasteiger partial charge in [-0.25, -0.2) is 4.98 Å². The minimum absolute atomic E-state index is 0.720. The summed E-state index contributed by atoms with van der Waals surface area (Å²) >= 11 is 1.77. The Morgan fingerprint density at radius 2 is 2.29 bits per heavy atom. The van der Waals surface area contributed by atoms with E-state index < -0.39 is 0 Å². The lowest BCUT2D eigenvalue weighted by Crippen LogP contribution is -2.15. The Morgan fingerprint density at radius 1 is 1.41 bits per heavy atom. The number of imidazole rings is 1. The number of thiophene rings is 1. The van der Waals surface area contributed by atoms with Crippen LogP contribution in [0.3, 0.4) is 0 Å². The van der Waals surface area contributed by atoms with Crippen LogP contribution < -0.4 is 5.32 Å². The van der Waals surface area contributed by atoms with E-state index in [4.69, 9.17) is 0 Å². The third-order valence-corrected chi connectivity index (χ3v) is 4.18. The Morgan fingerprint density at radius 3 is 3.00 bits per heavy atom. The number of aromatic nitrogens is 2. The molecule has 0 aliphatic heterocycles. The molecular weight excluding hydrogens is 230 g/mol. The number of nitrogens with zero attached hydrogens (tertiary/aromatic N) is 2. The standard InChI is InChI=1S/C13H17N3S/c1-10-7-17-8-11(10)4-14-5-13-6-15-9-16(13)12-2-3-12/h6-9,12,14H,2-5H2,1H3. The van der Waals surface area contributed by atoms with Crippen LogP contribution in [0.2, 0.25) is 0 Å². The molecule has 1 saturated carbocycles. The van der Waals surface area contributed by atoms with Gasteiger partial charge in [0.05, 0.1) is 12.0 Å². The van der Waals surface area contributed by atoms with Crippen molar-refractivity contribution in [2.45, 2.75) is 38.9 Å². The van der Waals surface area contributed by atoms with E-state index in [0.717, 1.165) is 19.1 Å². The lowest BCUT2D eigenvalue weighted by Gasteiger charge is -2.07. The maximum absolute atomic E-state index is 4.24. The molecule has 1 N–H and O–H groups in total. The molecule has 4 heteroatoms. The zero-order valence-electron chi connectivity index (χ0n) is 10.0. The molecule has 2 aromatic rings. The average molecular weight is 247 g/mol. The Kier molecular flexibility index (Phi) is 2.99. The summed E-state index contributed by atoms with van der Waals surface area (Å²) in [6.07, 6.45) is 6.57. The fourth-order valence-electron chi connectivity index (χ4n) is 2.04. The number of rotatable bonds is 5. The quantitative estimate of drug-likeness (QED) is 0.880. The Labute approximate surface area is 106 Å². The first kappa shape index (κ1) is 11.0.